The lowest BCUT2D eigenvalue weighted by atomic mass is 9.98. The molecule has 0 bridgehead atoms. The van der Waals surface area contributed by atoms with E-state index in [4.69, 9.17) is 23.7 Å². The molecule has 1 aromatic rings. The van der Waals surface area contributed by atoms with Crippen LogP contribution in [0.25, 0.3) is 0 Å². The predicted molar refractivity (Wildman–Crippen MR) is 83.9 cm³/mol. The van der Waals surface area contributed by atoms with Gasteiger partial charge in [0.05, 0.1) is 27.4 Å². The molecule has 0 fully saturated rings. The van der Waals surface area contributed by atoms with Crippen molar-refractivity contribution < 1.29 is 23.7 Å². The monoisotopic (exact) mass is 310 g/mol. The van der Waals surface area contributed by atoms with E-state index < -0.39 is 0 Å². The van der Waals surface area contributed by atoms with Gasteiger partial charge in [0.15, 0.2) is 11.5 Å². The standard InChI is InChI=1S/C17H26O5/c1-11-6-7-12-13(14(8-11)22-10-18-2)9-15(19-3)17(21-5)16(12)20-4/h9,11,14H,6-8,10H2,1-5H3/t11-,14?/m1/s1. The number of hydrogen-bond acceptors (Lipinski definition) is 5. The molecule has 5 heteroatoms. The highest BCUT2D eigenvalue weighted by atomic mass is 16.7. The Bertz CT molecular complexity index is 500. The molecule has 0 amide bonds. The molecule has 0 saturated heterocycles. The SMILES string of the molecule is COCOC1C[C@H](C)CCc2c1cc(OC)c(OC)c2OC. The van der Waals surface area contributed by atoms with E-state index >= 15 is 0 Å². The third-order valence-corrected chi connectivity index (χ3v) is 4.20. The van der Waals surface area contributed by atoms with E-state index in [1.54, 1.807) is 28.4 Å². The fourth-order valence-corrected chi connectivity index (χ4v) is 3.09. The Balaban J connectivity index is 2.54. The molecule has 1 aromatic carbocycles. The van der Waals surface area contributed by atoms with Crippen LogP contribution in [0.3, 0.4) is 0 Å². The number of ether oxygens (including phenoxy) is 5. The van der Waals surface area contributed by atoms with Crippen molar-refractivity contribution in [2.24, 2.45) is 5.92 Å². The molecular weight excluding hydrogens is 284 g/mol. The molecule has 1 aliphatic rings. The highest BCUT2D eigenvalue weighted by Crippen LogP contribution is 2.47. The van der Waals surface area contributed by atoms with Crippen molar-refractivity contribution in [3.8, 4) is 17.2 Å². The molecule has 0 aromatic heterocycles. The van der Waals surface area contributed by atoms with Crippen LogP contribution in [0.4, 0.5) is 0 Å². The Morgan fingerprint density at radius 2 is 1.77 bits per heavy atom. The average Bonchev–Trinajstić information content (AvgIpc) is 2.69. The average molecular weight is 310 g/mol. The maximum atomic E-state index is 5.91. The lowest BCUT2D eigenvalue weighted by molar-refractivity contribution is -0.0792. The summed E-state index contributed by atoms with van der Waals surface area (Å²) in [5, 5.41) is 0. The maximum absolute atomic E-state index is 5.91. The number of methoxy groups -OCH3 is 4. The van der Waals surface area contributed by atoms with E-state index in [0.717, 1.165) is 36.1 Å². The van der Waals surface area contributed by atoms with E-state index in [0.29, 0.717) is 17.4 Å². The maximum Gasteiger partial charge on any atom is 0.203 e. The summed E-state index contributed by atoms with van der Waals surface area (Å²) in [5.41, 5.74) is 2.25. The van der Waals surface area contributed by atoms with Crippen molar-refractivity contribution in [2.45, 2.75) is 32.3 Å². The second kappa shape index (κ2) is 7.70. The first-order chi connectivity index (χ1) is 10.7. The third kappa shape index (κ3) is 3.31. The van der Waals surface area contributed by atoms with Gasteiger partial charge in [-0.1, -0.05) is 6.92 Å². The van der Waals surface area contributed by atoms with Gasteiger partial charge in [-0.15, -0.1) is 0 Å². The number of benzene rings is 1. The summed E-state index contributed by atoms with van der Waals surface area (Å²) in [6.45, 7) is 2.52. The molecule has 1 unspecified atom stereocenters. The molecule has 5 nitrogen and oxygen atoms in total. The highest BCUT2D eigenvalue weighted by molar-refractivity contribution is 5.60. The van der Waals surface area contributed by atoms with Gasteiger partial charge < -0.3 is 23.7 Å². The van der Waals surface area contributed by atoms with Crippen LogP contribution in [-0.4, -0.2) is 35.2 Å². The van der Waals surface area contributed by atoms with Gasteiger partial charge in [0.2, 0.25) is 5.75 Å². The zero-order valence-electron chi connectivity index (χ0n) is 14.1. The summed E-state index contributed by atoms with van der Waals surface area (Å²) in [6.07, 6.45) is 2.95. The molecule has 0 N–H and O–H groups in total. The van der Waals surface area contributed by atoms with E-state index in [9.17, 15) is 0 Å². The molecule has 2 rings (SSSR count). The van der Waals surface area contributed by atoms with Crippen LogP contribution in [0.2, 0.25) is 0 Å². The van der Waals surface area contributed by atoms with Gasteiger partial charge in [0.1, 0.15) is 6.79 Å². The minimum Gasteiger partial charge on any atom is -0.493 e. The van der Waals surface area contributed by atoms with Crippen LogP contribution in [0.15, 0.2) is 6.07 Å². The van der Waals surface area contributed by atoms with Crippen molar-refractivity contribution in [1.29, 1.82) is 0 Å². The fourth-order valence-electron chi connectivity index (χ4n) is 3.09. The van der Waals surface area contributed by atoms with Gasteiger partial charge in [0, 0.05) is 12.7 Å². The Hall–Kier alpha value is -1.46. The first-order valence-corrected chi connectivity index (χ1v) is 7.58. The Morgan fingerprint density at radius 3 is 2.36 bits per heavy atom. The molecule has 0 radical (unpaired) electrons. The van der Waals surface area contributed by atoms with Crippen LogP contribution >= 0.6 is 0 Å². The number of fused-ring (bicyclic) bond motifs is 1. The molecule has 0 heterocycles. The summed E-state index contributed by atoms with van der Waals surface area (Å²) in [6, 6.07) is 2.01. The fraction of sp³-hybridized carbons (Fsp3) is 0.647. The van der Waals surface area contributed by atoms with E-state index in [1.165, 1.54) is 0 Å². The van der Waals surface area contributed by atoms with Gasteiger partial charge in [-0.3, -0.25) is 0 Å². The molecule has 124 valence electrons. The second-order valence-corrected chi connectivity index (χ2v) is 5.65. The van der Waals surface area contributed by atoms with Crippen LogP contribution in [-0.2, 0) is 15.9 Å². The second-order valence-electron chi connectivity index (χ2n) is 5.65. The van der Waals surface area contributed by atoms with E-state index in [1.807, 2.05) is 6.07 Å². The smallest absolute Gasteiger partial charge is 0.203 e. The largest absolute Gasteiger partial charge is 0.493 e. The number of rotatable bonds is 6. The van der Waals surface area contributed by atoms with Crippen LogP contribution in [0, 0.1) is 5.92 Å². The topological polar surface area (TPSA) is 46.2 Å². The molecular formula is C17H26O5. The first kappa shape index (κ1) is 16.9. The summed E-state index contributed by atoms with van der Waals surface area (Å²) < 4.78 is 27.6. The van der Waals surface area contributed by atoms with E-state index in [2.05, 4.69) is 6.92 Å². The van der Waals surface area contributed by atoms with Gasteiger partial charge in [-0.2, -0.15) is 0 Å². The van der Waals surface area contributed by atoms with Crippen molar-refractivity contribution in [3.05, 3.63) is 17.2 Å². The highest BCUT2D eigenvalue weighted by Gasteiger charge is 2.29. The van der Waals surface area contributed by atoms with Crippen LogP contribution < -0.4 is 14.2 Å². The predicted octanol–water partition coefficient (Wildman–Crippen LogP) is 3.35. The third-order valence-electron chi connectivity index (χ3n) is 4.20. The van der Waals surface area contributed by atoms with Crippen LogP contribution in [0.5, 0.6) is 17.2 Å². The summed E-state index contributed by atoms with van der Waals surface area (Å²) in [4.78, 5) is 0. The summed E-state index contributed by atoms with van der Waals surface area (Å²) in [5.74, 6) is 2.62. The summed E-state index contributed by atoms with van der Waals surface area (Å²) in [7, 11) is 6.56. The molecule has 0 aliphatic heterocycles. The van der Waals surface area contributed by atoms with Crippen molar-refractivity contribution >= 4 is 0 Å². The van der Waals surface area contributed by atoms with Gasteiger partial charge in [-0.05, 0) is 36.8 Å². The molecule has 0 saturated carbocycles. The summed E-state index contributed by atoms with van der Waals surface area (Å²) >= 11 is 0. The van der Waals surface area contributed by atoms with Gasteiger partial charge >= 0.3 is 0 Å². The lowest BCUT2D eigenvalue weighted by Gasteiger charge is -2.23. The quantitative estimate of drug-likeness (QED) is 0.595. The van der Waals surface area contributed by atoms with Crippen molar-refractivity contribution in [1.82, 2.24) is 0 Å². The normalized spacial score (nSPS) is 21.0. The molecule has 22 heavy (non-hydrogen) atoms. The first-order valence-electron chi connectivity index (χ1n) is 7.58. The van der Waals surface area contributed by atoms with Gasteiger partial charge in [0.25, 0.3) is 0 Å². The minimum atomic E-state index is -0.0267. The van der Waals surface area contributed by atoms with Crippen molar-refractivity contribution in [2.75, 3.05) is 35.2 Å². The number of hydrogen-bond donors (Lipinski definition) is 0. The van der Waals surface area contributed by atoms with Crippen LogP contribution in [0.1, 0.15) is 37.0 Å². The molecule has 1 aliphatic carbocycles. The Morgan fingerprint density at radius 1 is 1.05 bits per heavy atom. The Kier molecular flexibility index (Phi) is 5.91. The van der Waals surface area contributed by atoms with Gasteiger partial charge in [-0.25, -0.2) is 0 Å². The zero-order chi connectivity index (χ0) is 16.1. The minimum absolute atomic E-state index is 0.0267. The van der Waals surface area contributed by atoms with E-state index in [-0.39, 0.29) is 12.9 Å². The molecule has 2 atom stereocenters. The molecule has 0 spiro atoms. The lowest BCUT2D eigenvalue weighted by Crippen LogP contribution is -2.11. The zero-order valence-corrected chi connectivity index (χ0v) is 14.1. The van der Waals surface area contributed by atoms with Crippen molar-refractivity contribution in [3.63, 3.8) is 0 Å². The Labute approximate surface area is 132 Å².